The quantitative estimate of drug-likeness (QED) is 0.861. The molecule has 1 aliphatic heterocycles. The molecule has 3 rings (SSSR count). The van der Waals surface area contributed by atoms with Crippen LogP contribution in [0, 0.1) is 11.6 Å². The minimum absolute atomic E-state index is 0.0547. The van der Waals surface area contributed by atoms with Crippen molar-refractivity contribution in [1.82, 2.24) is 4.98 Å². The molecule has 0 saturated carbocycles. The van der Waals surface area contributed by atoms with Gasteiger partial charge >= 0.3 is 5.97 Å². The molecular formula is C18H18F2N2O3. The molecule has 0 bridgehead atoms. The fourth-order valence-electron chi connectivity index (χ4n) is 2.68. The number of rotatable bonds is 4. The normalized spacial score (nSPS) is 15.8. The molecule has 7 heteroatoms. The van der Waals surface area contributed by atoms with E-state index in [9.17, 15) is 13.6 Å². The Morgan fingerprint density at radius 1 is 1.36 bits per heavy atom. The molecule has 1 atom stereocenters. The first-order valence-corrected chi connectivity index (χ1v) is 7.89. The van der Waals surface area contributed by atoms with E-state index in [0.717, 1.165) is 6.07 Å². The maximum Gasteiger partial charge on any atom is 0.311 e. The van der Waals surface area contributed by atoms with Crippen molar-refractivity contribution in [1.29, 1.82) is 0 Å². The van der Waals surface area contributed by atoms with Gasteiger partial charge in [0.1, 0.15) is 18.2 Å². The molecule has 0 fully saturated rings. The lowest BCUT2D eigenvalue weighted by Crippen LogP contribution is -2.29. The molecule has 0 unspecified atom stereocenters. The molecule has 1 aromatic heterocycles. The average Bonchev–Trinajstić information content (AvgIpc) is 2.57. The van der Waals surface area contributed by atoms with E-state index >= 15 is 0 Å². The molecule has 132 valence electrons. The van der Waals surface area contributed by atoms with Crippen LogP contribution in [0.3, 0.4) is 0 Å². The average molecular weight is 348 g/mol. The van der Waals surface area contributed by atoms with Gasteiger partial charge in [0.25, 0.3) is 0 Å². The van der Waals surface area contributed by atoms with Crippen molar-refractivity contribution in [2.24, 2.45) is 0 Å². The van der Waals surface area contributed by atoms with Gasteiger partial charge in [0.15, 0.2) is 0 Å². The molecular weight excluding hydrogens is 330 g/mol. The number of fused-ring (bicyclic) bond motifs is 1. The lowest BCUT2D eigenvalue weighted by Gasteiger charge is -2.25. The number of methoxy groups -OCH3 is 1. The standard InChI is InChI=1S/C18H18F2N2O3/c1-10-9-25-18-16(21-10)6-12(15(22-18)8-17(23)24-2)5-11-3-4-13(19)7-14(11)20/h3-4,6-7,10,21H,5,8-9H2,1-2H3/t10-/m0/s1. The number of carbonyl (C=O) groups is 1. The van der Waals surface area contributed by atoms with Crippen molar-refractivity contribution in [2.75, 3.05) is 19.0 Å². The SMILES string of the molecule is COC(=O)Cc1nc2c(cc1Cc1ccc(F)cc1F)N[C@@H](C)CO2. The minimum atomic E-state index is -0.640. The van der Waals surface area contributed by atoms with E-state index in [4.69, 9.17) is 9.47 Å². The highest BCUT2D eigenvalue weighted by Crippen LogP contribution is 2.31. The van der Waals surface area contributed by atoms with E-state index in [1.807, 2.05) is 6.92 Å². The van der Waals surface area contributed by atoms with Crippen LogP contribution in [-0.4, -0.2) is 30.7 Å². The number of anilines is 1. The number of nitrogens with zero attached hydrogens (tertiary/aromatic N) is 1. The van der Waals surface area contributed by atoms with Crippen LogP contribution < -0.4 is 10.1 Å². The Morgan fingerprint density at radius 2 is 2.16 bits per heavy atom. The molecule has 2 aromatic rings. The lowest BCUT2D eigenvalue weighted by molar-refractivity contribution is -0.139. The molecule has 25 heavy (non-hydrogen) atoms. The molecule has 2 heterocycles. The van der Waals surface area contributed by atoms with E-state index in [1.54, 1.807) is 6.07 Å². The van der Waals surface area contributed by atoms with Crippen molar-refractivity contribution in [3.63, 3.8) is 0 Å². The van der Waals surface area contributed by atoms with Gasteiger partial charge in [-0.15, -0.1) is 0 Å². The molecule has 0 saturated heterocycles. The van der Waals surface area contributed by atoms with Crippen molar-refractivity contribution >= 4 is 11.7 Å². The molecule has 1 aliphatic rings. The zero-order valence-electron chi connectivity index (χ0n) is 13.9. The summed E-state index contributed by atoms with van der Waals surface area (Å²) in [7, 11) is 1.29. The van der Waals surface area contributed by atoms with Crippen molar-refractivity contribution in [3.05, 3.63) is 52.7 Å². The molecule has 0 amide bonds. The topological polar surface area (TPSA) is 60.5 Å². The third-order valence-corrected chi connectivity index (χ3v) is 3.96. The zero-order valence-corrected chi connectivity index (χ0v) is 13.9. The molecule has 1 N–H and O–H groups in total. The van der Waals surface area contributed by atoms with Crippen LogP contribution >= 0.6 is 0 Å². The van der Waals surface area contributed by atoms with Crippen molar-refractivity contribution < 1.29 is 23.0 Å². The van der Waals surface area contributed by atoms with E-state index in [1.165, 1.54) is 19.2 Å². The fraction of sp³-hybridized carbons (Fsp3) is 0.333. The van der Waals surface area contributed by atoms with Gasteiger partial charge in [0, 0.05) is 12.5 Å². The summed E-state index contributed by atoms with van der Waals surface area (Å²) in [5.41, 5.74) is 2.11. The third kappa shape index (κ3) is 3.87. The van der Waals surface area contributed by atoms with Crippen LogP contribution in [0.5, 0.6) is 5.88 Å². The van der Waals surface area contributed by atoms with Gasteiger partial charge in [0.2, 0.25) is 5.88 Å². The van der Waals surface area contributed by atoms with Gasteiger partial charge in [-0.2, -0.15) is 0 Å². The van der Waals surface area contributed by atoms with E-state index in [2.05, 4.69) is 10.3 Å². The number of carbonyl (C=O) groups excluding carboxylic acids is 1. The summed E-state index contributed by atoms with van der Waals surface area (Å²) < 4.78 is 37.4. The first kappa shape index (κ1) is 17.1. The maximum absolute atomic E-state index is 14.0. The fourth-order valence-corrected chi connectivity index (χ4v) is 2.68. The van der Waals surface area contributed by atoms with Gasteiger partial charge in [-0.1, -0.05) is 6.07 Å². The summed E-state index contributed by atoms with van der Waals surface area (Å²) in [6.45, 7) is 2.42. The van der Waals surface area contributed by atoms with Gasteiger partial charge in [-0.3, -0.25) is 4.79 Å². The van der Waals surface area contributed by atoms with Crippen molar-refractivity contribution in [3.8, 4) is 5.88 Å². The number of nitrogens with one attached hydrogen (secondary N) is 1. The summed E-state index contributed by atoms with van der Waals surface area (Å²) in [5.74, 6) is -1.33. The highest BCUT2D eigenvalue weighted by Gasteiger charge is 2.21. The zero-order chi connectivity index (χ0) is 18.0. The Hall–Kier alpha value is -2.70. The van der Waals surface area contributed by atoms with Crippen LogP contribution in [0.1, 0.15) is 23.7 Å². The molecule has 0 radical (unpaired) electrons. The third-order valence-electron chi connectivity index (χ3n) is 3.96. The number of aromatic nitrogens is 1. The number of ether oxygens (including phenoxy) is 2. The Bertz CT molecular complexity index is 811. The van der Waals surface area contributed by atoms with Crippen LogP contribution in [-0.2, 0) is 22.4 Å². The number of pyridine rings is 1. The van der Waals surface area contributed by atoms with E-state index in [0.29, 0.717) is 35.0 Å². The summed E-state index contributed by atoms with van der Waals surface area (Å²) in [4.78, 5) is 16.1. The second kappa shape index (κ2) is 7.04. The largest absolute Gasteiger partial charge is 0.474 e. The molecule has 1 aromatic carbocycles. The highest BCUT2D eigenvalue weighted by atomic mass is 19.1. The molecule has 0 aliphatic carbocycles. The van der Waals surface area contributed by atoms with Gasteiger partial charge in [0.05, 0.1) is 31.0 Å². The minimum Gasteiger partial charge on any atom is -0.474 e. The Balaban J connectivity index is 1.99. The predicted molar refractivity (Wildman–Crippen MR) is 87.7 cm³/mol. The predicted octanol–water partition coefficient (Wildman–Crippen LogP) is 2.86. The summed E-state index contributed by atoms with van der Waals surface area (Å²) in [6, 6.07) is 5.33. The second-order valence-corrected chi connectivity index (χ2v) is 5.97. The van der Waals surface area contributed by atoms with Crippen LogP contribution in [0.15, 0.2) is 24.3 Å². The van der Waals surface area contributed by atoms with Gasteiger partial charge in [-0.25, -0.2) is 13.8 Å². The Labute approximate surface area is 144 Å². The van der Waals surface area contributed by atoms with Crippen LogP contribution in [0.25, 0.3) is 0 Å². The number of hydrogen-bond donors (Lipinski definition) is 1. The first-order valence-electron chi connectivity index (χ1n) is 7.89. The smallest absolute Gasteiger partial charge is 0.311 e. The highest BCUT2D eigenvalue weighted by molar-refractivity contribution is 5.73. The van der Waals surface area contributed by atoms with Crippen LogP contribution in [0.2, 0.25) is 0 Å². The maximum atomic E-state index is 14.0. The summed E-state index contributed by atoms with van der Waals surface area (Å²) in [6.07, 6.45) is 0.121. The van der Waals surface area contributed by atoms with Gasteiger partial charge in [-0.05, 0) is 30.2 Å². The number of halogens is 2. The van der Waals surface area contributed by atoms with Crippen molar-refractivity contribution in [2.45, 2.75) is 25.8 Å². The second-order valence-electron chi connectivity index (χ2n) is 5.97. The van der Waals surface area contributed by atoms with Gasteiger partial charge < -0.3 is 14.8 Å². The molecule has 5 nitrogen and oxygen atoms in total. The molecule has 0 spiro atoms. The summed E-state index contributed by atoms with van der Waals surface area (Å²) >= 11 is 0. The monoisotopic (exact) mass is 348 g/mol. The number of hydrogen-bond acceptors (Lipinski definition) is 5. The Morgan fingerprint density at radius 3 is 2.88 bits per heavy atom. The summed E-state index contributed by atoms with van der Waals surface area (Å²) in [5, 5.41) is 3.25. The Kier molecular flexibility index (Phi) is 4.83. The van der Waals surface area contributed by atoms with Crippen LogP contribution in [0.4, 0.5) is 14.5 Å². The lowest BCUT2D eigenvalue weighted by atomic mass is 10.0. The number of benzene rings is 1. The van der Waals surface area contributed by atoms with E-state index < -0.39 is 17.6 Å². The number of esters is 1. The first-order chi connectivity index (χ1) is 12.0. The van der Waals surface area contributed by atoms with E-state index in [-0.39, 0.29) is 18.9 Å².